The lowest BCUT2D eigenvalue weighted by Gasteiger charge is -2.38. The van der Waals surface area contributed by atoms with Gasteiger partial charge >= 0.3 is 0 Å². The Kier molecular flexibility index (Phi) is 5.19. The van der Waals surface area contributed by atoms with Gasteiger partial charge in [-0.25, -0.2) is 0 Å². The molecule has 0 radical (unpaired) electrons. The number of hydrogen-bond acceptors (Lipinski definition) is 3. The highest BCUT2D eigenvalue weighted by Gasteiger charge is 2.28. The minimum absolute atomic E-state index is 0.122. The number of benzene rings is 1. The fourth-order valence-corrected chi connectivity index (χ4v) is 3.12. The number of nitrogens with one attached hydrogen (secondary N) is 1. The maximum Gasteiger partial charge on any atom is 0.138 e. The van der Waals surface area contributed by atoms with Crippen molar-refractivity contribution in [2.45, 2.75) is 26.3 Å². The van der Waals surface area contributed by atoms with Gasteiger partial charge in [0, 0.05) is 23.7 Å². The van der Waals surface area contributed by atoms with Crippen LogP contribution in [-0.4, -0.2) is 36.7 Å². The van der Waals surface area contributed by atoms with Gasteiger partial charge in [-0.05, 0) is 50.5 Å². The van der Waals surface area contributed by atoms with Gasteiger partial charge in [-0.1, -0.05) is 30.1 Å². The summed E-state index contributed by atoms with van der Waals surface area (Å²) in [6.45, 7) is 6.12. The molecule has 0 aromatic heterocycles. The van der Waals surface area contributed by atoms with E-state index in [9.17, 15) is 5.11 Å². The number of halogens is 2. The predicted octanol–water partition coefficient (Wildman–Crippen LogP) is 3.52. The monoisotopic (exact) mass is 316 g/mol. The van der Waals surface area contributed by atoms with Crippen LogP contribution in [-0.2, 0) is 6.54 Å². The van der Waals surface area contributed by atoms with Crippen molar-refractivity contribution < 1.29 is 5.11 Å². The summed E-state index contributed by atoms with van der Waals surface area (Å²) in [5.41, 5.74) is 1.07. The molecule has 1 aliphatic rings. The molecule has 0 saturated carbocycles. The van der Waals surface area contributed by atoms with Crippen LogP contribution in [0.1, 0.15) is 25.3 Å². The van der Waals surface area contributed by atoms with Crippen molar-refractivity contribution in [3.05, 3.63) is 27.7 Å². The molecule has 0 atom stereocenters. The SMILES string of the molecule is CN1CCC(C)(CNCc2cc(Cl)cc(Cl)c2O)CC1. The van der Waals surface area contributed by atoms with Gasteiger partial charge in [0.25, 0.3) is 0 Å². The third kappa shape index (κ3) is 4.01. The van der Waals surface area contributed by atoms with Crippen LogP contribution >= 0.6 is 23.2 Å². The number of rotatable bonds is 4. The van der Waals surface area contributed by atoms with Gasteiger partial charge in [-0.15, -0.1) is 0 Å². The zero-order valence-electron chi connectivity index (χ0n) is 12.0. The number of piperidine rings is 1. The highest BCUT2D eigenvalue weighted by atomic mass is 35.5. The van der Waals surface area contributed by atoms with Crippen LogP contribution in [0.15, 0.2) is 12.1 Å². The molecule has 1 saturated heterocycles. The number of nitrogens with zero attached hydrogens (tertiary/aromatic N) is 1. The molecule has 0 amide bonds. The average Bonchev–Trinajstić information content (AvgIpc) is 2.39. The van der Waals surface area contributed by atoms with Gasteiger partial charge < -0.3 is 15.3 Å². The van der Waals surface area contributed by atoms with Crippen LogP contribution < -0.4 is 5.32 Å². The zero-order chi connectivity index (χ0) is 14.8. The summed E-state index contributed by atoms with van der Waals surface area (Å²) >= 11 is 11.9. The molecule has 3 nitrogen and oxygen atoms in total. The van der Waals surface area contributed by atoms with E-state index in [2.05, 4.69) is 24.2 Å². The molecule has 1 aromatic rings. The normalized spacial score (nSPS) is 19.2. The molecule has 1 heterocycles. The molecule has 2 rings (SSSR count). The molecule has 2 N–H and O–H groups in total. The summed E-state index contributed by atoms with van der Waals surface area (Å²) in [5.74, 6) is 0.122. The first kappa shape index (κ1) is 15.9. The minimum Gasteiger partial charge on any atom is -0.506 e. The summed E-state index contributed by atoms with van der Waals surface area (Å²) < 4.78 is 0. The van der Waals surface area contributed by atoms with E-state index >= 15 is 0 Å². The molecular weight excluding hydrogens is 295 g/mol. The van der Waals surface area contributed by atoms with E-state index in [-0.39, 0.29) is 5.75 Å². The summed E-state index contributed by atoms with van der Waals surface area (Å²) in [7, 11) is 2.17. The summed E-state index contributed by atoms with van der Waals surface area (Å²) in [6, 6.07) is 3.31. The molecule has 1 aliphatic heterocycles. The lowest BCUT2D eigenvalue weighted by Crippen LogP contribution is -2.41. The third-order valence-corrected chi connectivity index (χ3v) is 4.67. The molecule has 5 heteroatoms. The van der Waals surface area contributed by atoms with E-state index < -0.39 is 0 Å². The van der Waals surface area contributed by atoms with Crippen molar-refractivity contribution in [3.63, 3.8) is 0 Å². The molecule has 20 heavy (non-hydrogen) atoms. The topological polar surface area (TPSA) is 35.5 Å². The molecule has 0 aliphatic carbocycles. The minimum atomic E-state index is 0.122. The Morgan fingerprint density at radius 2 is 1.95 bits per heavy atom. The van der Waals surface area contributed by atoms with E-state index in [0.717, 1.165) is 25.2 Å². The number of phenols is 1. The summed E-state index contributed by atoms with van der Waals surface area (Å²) in [4.78, 5) is 2.37. The highest BCUT2D eigenvalue weighted by molar-refractivity contribution is 6.35. The standard InChI is InChI=1S/C15H22Cl2N2O/c1-15(3-5-19(2)6-4-15)10-18-9-11-7-12(16)8-13(17)14(11)20/h7-8,18,20H,3-6,9-10H2,1-2H3. The number of aromatic hydroxyl groups is 1. The maximum atomic E-state index is 9.92. The smallest absolute Gasteiger partial charge is 0.138 e. The van der Waals surface area contributed by atoms with Gasteiger partial charge in [0.05, 0.1) is 5.02 Å². The first-order chi connectivity index (χ1) is 9.39. The number of phenolic OH excluding ortho intramolecular Hbond substituents is 1. The Bertz CT molecular complexity index is 471. The third-order valence-electron chi connectivity index (χ3n) is 4.17. The van der Waals surface area contributed by atoms with Gasteiger partial charge in [-0.3, -0.25) is 0 Å². The van der Waals surface area contributed by atoms with Crippen molar-refractivity contribution in [1.82, 2.24) is 10.2 Å². The van der Waals surface area contributed by atoms with Crippen LogP contribution in [0, 0.1) is 5.41 Å². The number of likely N-dealkylation sites (tertiary alicyclic amines) is 1. The van der Waals surface area contributed by atoms with Gasteiger partial charge in [0.1, 0.15) is 5.75 Å². The second-order valence-electron chi connectivity index (χ2n) is 6.11. The molecule has 0 unspecified atom stereocenters. The van der Waals surface area contributed by atoms with Crippen LogP contribution in [0.25, 0.3) is 0 Å². The van der Waals surface area contributed by atoms with Crippen molar-refractivity contribution in [2.75, 3.05) is 26.7 Å². The lowest BCUT2D eigenvalue weighted by atomic mass is 9.80. The molecular formula is C15H22Cl2N2O. The van der Waals surface area contributed by atoms with Crippen molar-refractivity contribution in [3.8, 4) is 5.75 Å². The van der Waals surface area contributed by atoms with E-state index in [0.29, 0.717) is 22.0 Å². The second-order valence-corrected chi connectivity index (χ2v) is 6.96. The Morgan fingerprint density at radius 3 is 2.60 bits per heavy atom. The van der Waals surface area contributed by atoms with Gasteiger partial charge in [0.2, 0.25) is 0 Å². The molecule has 0 bridgehead atoms. The Labute approximate surface area is 130 Å². The van der Waals surface area contributed by atoms with Gasteiger partial charge in [0.15, 0.2) is 0 Å². The van der Waals surface area contributed by atoms with Crippen LogP contribution in [0.4, 0.5) is 0 Å². The van der Waals surface area contributed by atoms with E-state index in [4.69, 9.17) is 23.2 Å². The molecule has 1 aromatic carbocycles. The van der Waals surface area contributed by atoms with Crippen molar-refractivity contribution in [2.24, 2.45) is 5.41 Å². The Balaban J connectivity index is 1.90. The highest BCUT2D eigenvalue weighted by Crippen LogP contribution is 2.32. The van der Waals surface area contributed by atoms with E-state index in [1.54, 1.807) is 12.1 Å². The van der Waals surface area contributed by atoms with Crippen molar-refractivity contribution >= 4 is 23.2 Å². The predicted molar refractivity (Wildman–Crippen MR) is 84.7 cm³/mol. The fraction of sp³-hybridized carbons (Fsp3) is 0.600. The summed E-state index contributed by atoms with van der Waals surface area (Å²) in [6.07, 6.45) is 2.39. The van der Waals surface area contributed by atoms with Crippen LogP contribution in [0.3, 0.4) is 0 Å². The Morgan fingerprint density at radius 1 is 1.30 bits per heavy atom. The number of hydrogen-bond donors (Lipinski definition) is 2. The van der Waals surface area contributed by atoms with Crippen LogP contribution in [0.2, 0.25) is 10.0 Å². The zero-order valence-corrected chi connectivity index (χ0v) is 13.6. The molecule has 1 fully saturated rings. The summed E-state index contributed by atoms with van der Waals surface area (Å²) in [5, 5.41) is 14.2. The van der Waals surface area contributed by atoms with Gasteiger partial charge in [-0.2, -0.15) is 0 Å². The van der Waals surface area contributed by atoms with E-state index in [1.807, 2.05) is 0 Å². The van der Waals surface area contributed by atoms with Crippen LogP contribution in [0.5, 0.6) is 5.75 Å². The fourth-order valence-electron chi connectivity index (χ4n) is 2.59. The first-order valence-electron chi connectivity index (χ1n) is 6.96. The molecule has 112 valence electrons. The molecule has 0 spiro atoms. The van der Waals surface area contributed by atoms with E-state index in [1.165, 1.54) is 12.8 Å². The average molecular weight is 317 g/mol. The second kappa shape index (κ2) is 6.52. The quantitative estimate of drug-likeness (QED) is 0.892. The lowest BCUT2D eigenvalue weighted by molar-refractivity contribution is 0.136. The first-order valence-corrected chi connectivity index (χ1v) is 7.71. The van der Waals surface area contributed by atoms with Crippen molar-refractivity contribution in [1.29, 1.82) is 0 Å². The largest absolute Gasteiger partial charge is 0.506 e. The Hall–Kier alpha value is -0.480. The maximum absolute atomic E-state index is 9.92.